The quantitative estimate of drug-likeness (QED) is 0.242. The van der Waals surface area contributed by atoms with Crippen LogP contribution in [0.15, 0.2) is 18.2 Å². The van der Waals surface area contributed by atoms with E-state index in [1.54, 1.807) is 39.6 Å². The van der Waals surface area contributed by atoms with Gasteiger partial charge in [0.05, 0.1) is 22.7 Å². The van der Waals surface area contributed by atoms with Gasteiger partial charge in [0.1, 0.15) is 10.6 Å². The number of urea groups is 1. The smallest absolute Gasteiger partial charge is 0.341 e. The van der Waals surface area contributed by atoms with Gasteiger partial charge in [0.25, 0.3) is 5.91 Å². The largest absolute Gasteiger partial charge is 0.456 e. The van der Waals surface area contributed by atoms with Gasteiger partial charge in [0, 0.05) is 19.3 Å². The molecule has 0 saturated carbocycles. The second-order valence-corrected chi connectivity index (χ2v) is 11.4. The van der Waals surface area contributed by atoms with Gasteiger partial charge in [-0.3, -0.25) is 15.1 Å². The lowest BCUT2D eigenvalue weighted by Crippen LogP contribution is -2.30. The van der Waals surface area contributed by atoms with Gasteiger partial charge in [-0.2, -0.15) is 0 Å². The molecule has 0 bridgehead atoms. The number of nitrogens with one attached hydrogen (secondary N) is 2. The highest BCUT2D eigenvalue weighted by Gasteiger charge is 2.30. The third kappa shape index (κ3) is 9.80. The Morgan fingerprint density at radius 2 is 1.73 bits per heavy atom. The van der Waals surface area contributed by atoms with Crippen molar-refractivity contribution in [2.24, 2.45) is 0 Å². The molecule has 37 heavy (non-hydrogen) atoms. The third-order valence-corrected chi connectivity index (χ3v) is 6.87. The van der Waals surface area contributed by atoms with Gasteiger partial charge < -0.3 is 15.0 Å². The Morgan fingerprint density at radius 3 is 2.38 bits per heavy atom. The molecule has 2 heterocycles. The number of aromatic nitrogens is 1. The van der Waals surface area contributed by atoms with Crippen LogP contribution >= 0.6 is 11.3 Å². The predicted molar refractivity (Wildman–Crippen MR) is 149 cm³/mol. The Hall–Kier alpha value is -2.94. The second kappa shape index (κ2) is 14.1. The zero-order valence-electron chi connectivity index (χ0n) is 23.3. The molecular formula is C28H42N4O4S. The third-order valence-electron chi connectivity index (χ3n) is 5.68. The van der Waals surface area contributed by atoms with Gasteiger partial charge >= 0.3 is 12.0 Å². The van der Waals surface area contributed by atoms with Crippen LogP contribution in [0.2, 0.25) is 0 Å². The summed E-state index contributed by atoms with van der Waals surface area (Å²) in [6.07, 6.45) is 6.74. The molecule has 0 atom stereocenters. The van der Waals surface area contributed by atoms with Gasteiger partial charge in [-0.1, -0.05) is 45.1 Å². The summed E-state index contributed by atoms with van der Waals surface area (Å²) < 4.78 is 5.60. The van der Waals surface area contributed by atoms with E-state index in [-0.39, 0.29) is 11.5 Å². The zero-order chi connectivity index (χ0) is 27.6. The number of ether oxygens (including phenoxy) is 1. The molecule has 9 heteroatoms. The molecule has 2 rings (SSSR count). The standard InChI is InChI=1S/C28H42N4O4S/c1-8-9-10-11-12-13-17-29-27(35)31-24-22(26(34)36-28(4,5)6)20(3)23(37-24)25(33)32(7)18-21-16-14-15-19(2)30-21/h14-16H,8-13,17-18H2,1-7H3,(H2,29,31,35). The summed E-state index contributed by atoms with van der Waals surface area (Å²) in [5.41, 5.74) is 1.61. The van der Waals surface area contributed by atoms with Crippen molar-refractivity contribution < 1.29 is 19.1 Å². The number of anilines is 1. The summed E-state index contributed by atoms with van der Waals surface area (Å²) in [7, 11) is 1.69. The minimum Gasteiger partial charge on any atom is -0.456 e. The van der Waals surface area contributed by atoms with Crippen molar-refractivity contribution in [2.45, 2.75) is 92.2 Å². The zero-order valence-corrected chi connectivity index (χ0v) is 24.1. The number of thiophene rings is 1. The molecule has 0 saturated heterocycles. The molecule has 2 N–H and O–H groups in total. The maximum absolute atomic E-state index is 13.4. The van der Waals surface area contributed by atoms with Crippen LogP contribution in [0.1, 0.15) is 103 Å². The Bertz CT molecular complexity index is 1070. The van der Waals surface area contributed by atoms with E-state index in [1.807, 2.05) is 25.1 Å². The highest BCUT2D eigenvalue weighted by atomic mass is 32.1. The Labute approximate surface area is 225 Å². The van der Waals surface area contributed by atoms with Gasteiger partial charge in [0.2, 0.25) is 0 Å². The van der Waals surface area contributed by atoms with Crippen LogP contribution in [0, 0.1) is 13.8 Å². The number of hydrogen-bond acceptors (Lipinski definition) is 6. The van der Waals surface area contributed by atoms with E-state index < -0.39 is 17.6 Å². The van der Waals surface area contributed by atoms with E-state index in [9.17, 15) is 14.4 Å². The molecule has 0 radical (unpaired) electrons. The summed E-state index contributed by atoms with van der Waals surface area (Å²) in [5.74, 6) is -0.828. The lowest BCUT2D eigenvalue weighted by atomic mass is 10.1. The summed E-state index contributed by atoms with van der Waals surface area (Å²) in [5, 5.41) is 5.94. The number of aryl methyl sites for hydroxylation is 1. The van der Waals surface area contributed by atoms with Crippen molar-refractivity contribution in [2.75, 3.05) is 18.9 Å². The minimum atomic E-state index is -0.722. The molecule has 204 valence electrons. The molecule has 0 aromatic carbocycles. The first-order valence-electron chi connectivity index (χ1n) is 13.0. The van der Waals surface area contributed by atoms with Gasteiger partial charge in [-0.15, -0.1) is 11.3 Å². The van der Waals surface area contributed by atoms with E-state index in [2.05, 4.69) is 22.5 Å². The number of amides is 3. The lowest BCUT2D eigenvalue weighted by Gasteiger charge is -2.20. The van der Waals surface area contributed by atoms with Crippen LogP contribution in [0.5, 0.6) is 0 Å². The number of rotatable bonds is 12. The van der Waals surface area contributed by atoms with E-state index >= 15 is 0 Å². The van der Waals surface area contributed by atoms with Crippen LogP contribution in [-0.2, 0) is 11.3 Å². The maximum atomic E-state index is 13.4. The molecule has 0 fully saturated rings. The SMILES string of the molecule is CCCCCCCCNC(=O)Nc1sc(C(=O)N(C)Cc2cccc(C)n2)c(C)c1C(=O)OC(C)(C)C. The van der Waals surface area contributed by atoms with E-state index in [1.165, 1.54) is 19.3 Å². The first kappa shape index (κ1) is 30.3. The van der Waals surface area contributed by atoms with Crippen LogP contribution in [0.4, 0.5) is 9.80 Å². The summed E-state index contributed by atoms with van der Waals surface area (Å²) in [6.45, 7) is 12.0. The average molecular weight is 531 g/mol. The lowest BCUT2D eigenvalue weighted by molar-refractivity contribution is 0.00705. The number of nitrogens with zero attached hydrogens (tertiary/aromatic N) is 2. The van der Waals surface area contributed by atoms with Gasteiger partial charge in [0.15, 0.2) is 0 Å². The van der Waals surface area contributed by atoms with E-state index in [4.69, 9.17) is 4.74 Å². The molecule has 0 spiro atoms. The van der Waals surface area contributed by atoms with Crippen molar-refractivity contribution >= 4 is 34.2 Å². The number of unbranched alkanes of at least 4 members (excludes halogenated alkanes) is 5. The molecule has 0 aliphatic heterocycles. The van der Waals surface area contributed by atoms with Crippen molar-refractivity contribution in [3.8, 4) is 0 Å². The van der Waals surface area contributed by atoms with Crippen LogP contribution in [0.3, 0.4) is 0 Å². The minimum absolute atomic E-state index is 0.208. The van der Waals surface area contributed by atoms with Crippen LogP contribution < -0.4 is 10.6 Å². The van der Waals surface area contributed by atoms with Crippen molar-refractivity contribution in [1.29, 1.82) is 0 Å². The van der Waals surface area contributed by atoms with Crippen molar-refractivity contribution in [3.63, 3.8) is 0 Å². The topological polar surface area (TPSA) is 101 Å². The van der Waals surface area contributed by atoms with Crippen molar-refractivity contribution in [1.82, 2.24) is 15.2 Å². The number of pyridine rings is 1. The highest BCUT2D eigenvalue weighted by molar-refractivity contribution is 7.18. The number of carbonyl (C=O) groups excluding carboxylic acids is 3. The summed E-state index contributed by atoms with van der Waals surface area (Å²) >= 11 is 1.09. The Morgan fingerprint density at radius 1 is 1.05 bits per heavy atom. The predicted octanol–water partition coefficient (Wildman–Crippen LogP) is 6.47. The highest BCUT2D eigenvalue weighted by Crippen LogP contribution is 2.35. The molecular weight excluding hydrogens is 488 g/mol. The molecule has 0 unspecified atom stereocenters. The fourth-order valence-corrected chi connectivity index (χ4v) is 5.00. The summed E-state index contributed by atoms with van der Waals surface area (Å²) in [4.78, 5) is 45.5. The average Bonchev–Trinajstić information content (AvgIpc) is 3.12. The first-order chi connectivity index (χ1) is 17.4. The molecule has 2 aromatic heterocycles. The van der Waals surface area contributed by atoms with Crippen LogP contribution in [-0.4, -0.2) is 47.0 Å². The normalized spacial score (nSPS) is 11.2. The Balaban J connectivity index is 2.18. The maximum Gasteiger partial charge on any atom is 0.341 e. The van der Waals surface area contributed by atoms with Crippen molar-refractivity contribution in [3.05, 3.63) is 45.6 Å². The fourth-order valence-electron chi connectivity index (χ4n) is 3.81. The molecule has 8 nitrogen and oxygen atoms in total. The molecule has 0 aliphatic rings. The molecule has 3 amide bonds. The second-order valence-electron chi connectivity index (χ2n) is 10.3. The monoisotopic (exact) mass is 530 g/mol. The Kier molecular flexibility index (Phi) is 11.6. The molecule has 0 aliphatic carbocycles. The van der Waals surface area contributed by atoms with E-state index in [0.717, 1.165) is 42.0 Å². The van der Waals surface area contributed by atoms with Gasteiger partial charge in [-0.05, 0) is 58.7 Å². The molecule has 2 aromatic rings. The number of esters is 1. The number of hydrogen-bond donors (Lipinski definition) is 2. The fraction of sp³-hybridized carbons (Fsp3) is 0.571. The van der Waals surface area contributed by atoms with Gasteiger partial charge in [-0.25, -0.2) is 9.59 Å². The summed E-state index contributed by atoms with van der Waals surface area (Å²) in [6, 6.07) is 5.26. The van der Waals surface area contributed by atoms with Crippen LogP contribution in [0.25, 0.3) is 0 Å². The van der Waals surface area contributed by atoms with E-state index in [0.29, 0.717) is 28.5 Å². The first-order valence-corrected chi connectivity index (χ1v) is 13.8. The number of carbonyl (C=O) groups is 3.